The second kappa shape index (κ2) is 7.18. The molecule has 0 radical (unpaired) electrons. The standard InChI is InChI=1S/C19H20FNOS/c20-16-9-4-5-10-17(16)23-14-11-18(22)21-19(12-6-13-19)15-7-2-1-3-8-15/h1-5,7-10H,6,11-14H2,(H,21,22). The molecule has 0 aromatic heterocycles. The normalized spacial score (nSPS) is 15.7. The van der Waals surface area contributed by atoms with Crippen molar-refractivity contribution in [3.8, 4) is 0 Å². The van der Waals surface area contributed by atoms with Gasteiger partial charge in [0, 0.05) is 17.1 Å². The number of carbonyl (C=O) groups excluding carboxylic acids is 1. The SMILES string of the molecule is O=C(CCSc1ccccc1F)NC1(c2ccccc2)CCC1. The van der Waals surface area contributed by atoms with E-state index < -0.39 is 0 Å². The number of carbonyl (C=O) groups is 1. The van der Waals surface area contributed by atoms with Crippen LogP contribution in [-0.4, -0.2) is 11.7 Å². The van der Waals surface area contributed by atoms with E-state index in [4.69, 9.17) is 0 Å². The second-order valence-electron chi connectivity index (χ2n) is 5.88. The molecule has 0 heterocycles. The van der Waals surface area contributed by atoms with Gasteiger partial charge < -0.3 is 5.32 Å². The molecule has 2 aromatic carbocycles. The monoisotopic (exact) mass is 329 g/mol. The van der Waals surface area contributed by atoms with Gasteiger partial charge in [0.1, 0.15) is 5.82 Å². The van der Waals surface area contributed by atoms with Crippen LogP contribution in [0, 0.1) is 5.82 Å². The van der Waals surface area contributed by atoms with Gasteiger partial charge in [0.2, 0.25) is 5.91 Å². The van der Waals surface area contributed by atoms with Gasteiger partial charge in [0.15, 0.2) is 0 Å². The summed E-state index contributed by atoms with van der Waals surface area (Å²) in [5.41, 5.74) is 0.988. The zero-order valence-corrected chi connectivity index (χ0v) is 13.7. The van der Waals surface area contributed by atoms with Crippen LogP contribution in [0.5, 0.6) is 0 Å². The van der Waals surface area contributed by atoms with E-state index >= 15 is 0 Å². The van der Waals surface area contributed by atoms with Crippen molar-refractivity contribution in [3.05, 3.63) is 66.0 Å². The van der Waals surface area contributed by atoms with E-state index in [1.165, 1.54) is 23.4 Å². The Morgan fingerprint density at radius 1 is 1.09 bits per heavy atom. The Labute approximate surface area is 140 Å². The lowest BCUT2D eigenvalue weighted by Gasteiger charge is -2.43. The van der Waals surface area contributed by atoms with Crippen molar-refractivity contribution in [1.29, 1.82) is 0 Å². The summed E-state index contributed by atoms with van der Waals surface area (Å²) >= 11 is 1.39. The Balaban J connectivity index is 1.54. The molecule has 3 rings (SSSR count). The molecule has 1 aliphatic carbocycles. The number of nitrogens with one attached hydrogen (secondary N) is 1. The van der Waals surface area contributed by atoms with Gasteiger partial charge in [-0.05, 0) is 37.0 Å². The highest BCUT2D eigenvalue weighted by molar-refractivity contribution is 7.99. The van der Waals surface area contributed by atoms with Crippen molar-refractivity contribution in [2.75, 3.05) is 5.75 Å². The Morgan fingerprint density at radius 3 is 2.43 bits per heavy atom. The van der Waals surface area contributed by atoms with E-state index in [0.29, 0.717) is 17.1 Å². The Hall–Kier alpha value is -1.81. The highest BCUT2D eigenvalue weighted by Crippen LogP contribution is 2.41. The third-order valence-electron chi connectivity index (χ3n) is 4.34. The highest BCUT2D eigenvalue weighted by atomic mass is 32.2. The third kappa shape index (κ3) is 3.75. The fraction of sp³-hybridized carbons (Fsp3) is 0.316. The molecular formula is C19H20FNOS. The van der Waals surface area contributed by atoms with Crippen LogP contribution < -0.4 is 5.32 Å². The molecule has 1 N–H and O–H groups in total. The summed E-state index contributed by atoms with van der Waals surface area (Å²) in [6, 6.07) is 16.8. The second-order valence-corrected chi connectivity index (χ2v) is 7.02. The first-order valence-corrected chi connectivity index (χ1v) is 8.92. The van der Waals surface area contributed by atoms with Crippen molar-refractivity contribution in [2.24, 2.45) is 0 Å². The molecule has 0 aliphatic heterocycles. The van der Waals surface area contributed by atoms with Gasteiger partial charge >= 0.3 is 0 Å². The number of amides is 1. The topological polar surface area (TPSA) is 29.1 Å². The molecule has 4 heteroatoms. The Morgan fingerprint density at radius 2 is 1.78 bits per heavy atom. The molecule has 0 spiro atoms. The van der Waals surface area contributed by atoms with Gasteiger partial charge in [-0.2, -0.15) is 0 Å². The number of hydrogen-bond acceptors (Lipinski definition) is 2. The molecule has 120 valence electrons. The molecule has 1 aliphatic rings. The van der Waals surface area contributed by atoms with Crippen LogP contribution in [0.15, 0.2) is 59.5 Å². The first-order valence-electron chi connectivity index (χ1n) is 7.93. The van der Waals surface area contributed by atoms with Crippen molar-refractivity contribution in [3.63, 3.8) is 0 Å². The van der Waals surface area contributed by atoms with Crippen LogP contribution in [-0.2, 0) is 10.3 Å². The van der Waals surface area contributed by atoms with Gasteiger partial charge in [0.25, 0.3) is 0 Å². The predicted molar refractivity (Wildman–Crippen MR) is 91.9 cm³/mol. The van der Waals surface area contributed by atoms with Gasteiger partial charge in [0.05, 0.1) is 5.54 Å². The number of hydrogen-bond donors (Lipinski definition) is 1. The summed E-state index contributed by atoms with van der Waals surface area (Å²) in [5, 5.41) is 3.20. The van der Waals surface area contributed by atoms with Crippen LogP contribution in [0.4, 0.5) is 4.39 Å². The molecule has 0 unspecified atom stereocenters. The van der Waals surface area contributed by atoms with E-state index in [9.17, 15) is 9.18 Å². The fourth-order valence-electron chi connectivity index (χ4n) is 2.92. The molecule has 0 bridgehead atoms. The number of rotatable bonds is 6. The largest absolute Gasteiger partial charge is 0.347 e. The summed E-state index contributed by atoms with van der Waals surface area (Å²) in [5.74, 6) is 0.396. The van der Waals surface area contributed by atoms with E-state index in [2.05, 4.69) is 17.4 Å². The van der Waals surface area contributed by atoms with Gasteiger partial charge in [-0.3, -0.25) is 4.79 Å². The van der Waals surface area contributed by atoms with Crippen molar-refractivity contribution >= 4 is 17.7 Å². The van der Waals surface area contributed by atoms with Crippen LogP contribution in [0.1, 0.15) is 31.2 Å². The molecule has 1 saturated carbocycles. The highest BCUT2D eigenvalue weighted by Gasteiger charge is 2.39. The summed E-state index contributed by atoms with van der Waals surface area (Å²) in [4.78, 5) is 12.9. The first-order chi connectivity index (χ1) is 11.2. The van der Waals surface area contributed by atoms with Crippen LogP contribution in [0.25, 0.3) is 0 Å². The Kier molecular flexibility index (Phi) is 5.01. The third-order valence-corrected chi connectivity index (χ3v) is 5.39. The summed E-state index contributed by atoms with van der Waals surface area (Å²) in [7, 11) is 0. The van der Waals surface area contributed by atoms with Crippen molar-refractivity contribution in [1.82, 2.24) is 5.32 Å². The first kappa shape index (κ1) is 16.1. The molecule has 1 amide bonds. The fourth-order valence-corrected chi connectivity index (χ4v) is 3.81. The predicted octanol–water partition coefficient (Wildman–Crippen LogP) is 4.50. The average Bonchev–Trinajstić information content (AvgIpc) is 2.54. The number of halogens is 1. The maximum atomic E-state index is 13.5. The maximum Gasteiger partial charge on any atom is 0.221 e. The van der Waals surface area contributed by atoms with Crippen molar-refractivity contribution < 1.29 is 9.18 Å². The number of benzene rings is 2. The van der Waals surface area contributed by atoms with Crippen molar-refractivity contribution in [2.45, 2.75) is 36.1 Å². The van der Waals surface area contributed by atoms with Gasteiger partial charge in [-0.1, -0.05) is 42.5 Å². The van der Waals surface area contributed by atoms with Crippen LogP contribution >= 0.6 is 11.8 Å². The van der Waals surface area contributed by atoms with E-state index in [1.54, 1.807) is 12.1 Å². The van der Waals surface area contributed by atoms with Gasteiger partial charge in [-0.25, -0.2) is 4.39 Å². The summed E-state index contributed by atoms with van der Waals surface area (Å²) in [6.45, 7) is 0. The molecule has 0 atom stereocenters. The van der Waals surface area contributed by atoms with Crippen LogP contribution in [0.3, 0.4) is 0 Å². The van der Waals surface area contributed by atoms with E-state index in [1.807, 2.05) is 24.3 Å². The molecule has 23 heavy (non-hydrogen) atoms. The average molecular weight is 329 g/mol. The minimum atomic E-state index is -0.224. The minimum absolute atomic E-state index is 0.0393. The zero-order chi connectivity index (χ0) is 16.1. The lowest BCUT2D eigenvalue weighted by molar-refractivity contribution is -0.123. The zero-order valence-electron chi connectivity index (χ0n) is 12.9. The van der Waals surface area contributed by atoms with E-state index in [-0.39, 0.29) is 17.3 Å². The van der Waals surface area contributed by atoms with Gasteiger partial charge in [-0.15, -0.1) is 11.8 Å². The quantitative estimate of drug-likeness (QED) is 0.790. The smallest absolute Gasteiger partial charge is 0.221 e. The maximum absolute atomic E-state index is 13.5. The molecule has 2 nitrogen and oxygen atoms in total. The van der Waals surface area contributed by atoms with E-state index in [0.717, 1.165) is 19.3 Å². The molecular weight excluding hydrogens is 309 g/mol. The lowest BCUT2D eigenvalue weighted by Crippen LogP contribution is -2.50. The lowest BCUT2D eigenvalue weighted by atomic mass is 9.71. The molecule has 0 saturated heterocycles. The van der Waals surface area contributed by atoms with Crippen LogP contribution in [0.2, 0.25) is 0 Å². The minimum Gasteiger partial charge on any atom is -0.347 e. The summed E-state index contributed by atoms with van der Waals surface area (Å²) in [6.07, 6.45) is 3.51. The molecule has 1 fully saturated rings. The Bertz CT molecular complexity index is 670. The summed E-state index contributed by atoms with van der Waals surface area (Å²) < 4.78 is 13.5. The molecule has 2 aromatic rings. The number of thioether (sulfide) groups is 1.